The summed E-state index contributed by atoms with van der Waals surface area (Å²) in [7, 11) is 1.77. The van der Waals surface area contributed by atoms with E-state index in [1.165, 1.54) is 25.7 Å². The molecule has 1 fully saturated rings. The van der Waals surface area contributed by atoms with Crippen molar-refractivity contribution in [2.24, 2.45) is 11.7 Å². The Labute approximate surface area is 100 Å². The lowest BCUT2D eigenvalue weighted by Gasteiger charge is -2.35. The highest BCUT2D eigenvalue weighted by Gasteiger charge is 2.24. The molecule has 2 atom stereocenters. The average molecular weight is 228 g/mol. The van der Waals surface area contributed by atoms with Crippen LogP contribution >= 0.6 is 0 Å². The number of rotatable bonds is 6. The number of hydrogen-bond donors (Lipinski definition) is 1. The SMILES string of the molecule is COCCN(CC1CCCCC1N)C(C)C. The molecule has 0 spiro atoms. The predicted octanol–water partition coefficient (Wildman–Crippen LogP) is 1.86. The summed E-state index contributed by atoms with van der Waals surface area (Å²) in [5.74, 6) is 0.688. The Morgan fingerprint density at radius 3 is 2.56 bits per heavy atom. The molecule has 1 rings (SSSR count). The van der Waals surface area contributed by atoms with Crippen molar-refractivity contribution < 1.29 is 4.74 Å². The lowest BCUT2D eigenvalue weighted by atomic mass is 9.84. The molecule has 0 amide bonds. The van der Waals surface area contributed by atoms with Crippen LogP contribution in [0.5, 0.6) is 0 Å². The molecule has 3 nitrogen and oxygen atoms in total. The topological polar surface area (TPSA) is 38.5 Å². The van der Waals surface area contributed by atoms with Crippen molar-refractivity contribution in [3.05, 3.63) is 0 Å². The molecule has 0 bridgehead atoms. The van der Waals surface area contributed by atoms with Crippen LogP contribution in [0, 0.1) is 5.92 Å². The van der Waals surface area contributed by atoms with Gasteiger partial charge in [0.2, 0.25) is 0 Å². The van der Waals surface area contributed by atoms with Crippen LogP contribution in [0.25, 0.3) is 0 Å². The highest BCUT2D eigenvalue weighted by atomic mass is 16.5. The second kappa shape index (κ2) is 7.25. The van der Waals surface area contributed by atoms with Crippen LogP contribution in [0.3, 0.4) is 0 Å². The molecule has 16 heavy (non-hydrogen) atoms. The standard InChI is InChI=1S/C13H28N2O/c1-11(2)15(8-9-16-3)10-12-6-4-5-7-13(12)14/h11-13H,4-10,14H2,1-3H3. The second-order valence-corrected chi connectivity index (χ2v) is 5.29. The fraction of sp³-hybridized carbons (Fsp3) is 1.00. The van der Waals surface area contributed by atoms with Crippen LogP contribution in [-0.2, 0) is 4.74 Å². The number of nitrogens with two attached hydrogens (primary N) is 1. The van der Waals surface area contributed by atoms with Crippen LogP contribution in [0.4, 0.5) is 0 Å². The molecule has 1 aliphatic carbocycles. The summed E-state index contributed by atoms with van der Waals surface area (Å²) >= 11 is 0. The van der Waals surface area contributed by atoms with E-state index in [-0.39, 0.29) is 0 Å². The van der Waals surface area contributed by atoms with Gasteiger partial charge in [-0.05, 0) is 32.6 Å². The van der Waals surface area contributed by atoms with E-state index in [1.54, 1.807) is 7.11 Å². The highest BCUT2D eigenvalue weighted by molar-refractivity contribution is 4.81. The summed E-state index contributed by atoms with van der Waals surface area (Å²) in [6.07, 6.45) is 5.18. The Bertz CT molecular complexity index is 185. The van der Waals surface area contributed by atoms with Gasteiger partial charge in [-0.25, -0.2) is 0 Å². The normalized spacial score (nSPS) is 26.6. The van der Waals surface area contributed by atoms with Gasteiger partial charge in [-0.2, -0.15) is 0 Å². The maximum atomic E-state index is 6.20. The van der Waals surface area contributed by atoms with Crippen LogP contribution in [-0.4, -0.2) is 43.8 Å². The van der Waals surface area contributed by atoms with Crippen LogP contribution in [0.2, 0.25) is 0 Å². The zero-order valence-corrected chi connectivity index (χ0v) is 11.1. The molecular formula is C13H28N2O. The van der Waals surface area contributed by atoms with Crippen molar-refractivity contribution in [1.82, 2.24) is 4.90 Å². The van der Waals surface area contributed by atoms with Gasteiger partial charge in [-0.3, -0.25) is 4.90 Å². The molecule has 2 unspecified atom stereocenters. The Hall–Kier alpha value is -0.120. The van der Waals surface area contributed by atoms with Gasteiger partial charge >= 0.3 is 0 Å². The first-order valence-electron chi connectivity index (χ1n) is 6.63. The fourth-order valence-electron chi connectivity index (χ4n) is 2.53. The van der Waals surface area contributed by atoms with Gasteiger partial charge in [0.15, 0.2) is 0 Å². The van der Waals surface area contributed by atoms with Gasteiger partial charge in [0.25, 0.3) is 0 Å². The van der Waals surface area contributed by atoms with E-state index in [4.69, 9.17) is 10.5 Å². The number of hydrogen-bond acceptors (Lipinski definition) is 3. The largest absolute Gasteiger partial charge is 0.383 e. The lowest BCUT2D eigenvalue weighted by molar-refractivity contribution is 0.104. The molecule has 0 aromatic heterocycles. The van der Waals surface area contributed by atoms with E-state index < -0.39 is 0 Å². The van der Waals surface area contributed by atoms with Crippen molar-refractivity contribution in [2.75, 3.05) is 26.8 Å². The van der Waals surface area contributed by atoms with E-state index in [0.29, 0.717) is 18.0 Å². The molecule has 0 saturated heterocycles. The summed E-state index contributed by atoms with van der Waals surface area (Å²) in [5.41, 5.74) is 6.20. The summed E-state index contributed by atoms with van der Waals surface area (Å²) in [5, 5.41) is 0. The maximum absolute atomic E-state index is 6.20. The minimum atomic E-state index is 0.414. The van der Waals surface area contributed by atoms with Crippen LogP contribution in [0.1, 0.15) is 39.5 Å². The Morgan fingerprint density at radius 2 is 2.00 bits per heavy atom. The monoisotopic (exact) mass is 228 g/mol. The Kier molecular flexibility index (Phi) is 6.32. The third-order valence-electron chi connectivity index (χ3n) is 3.75. The zero-order valence-electron chi connectivity index (χ0n) is 11.1. The fourth-order valence-corrected chi connectivity index (χ4v) is 2.53. The maximum Gasteiger partial charge on any atom is 0.0589 e. The van der Waals surface area contributed by atoms with Gasteiger partial charge in [0.05, 0.1) is 6.61 Å². The molecule has 3 heteroatoms. The molecule has 1 aliphatic rings. The van der Waals surface area contributed by atoms with Crippen LogP contribution < -0.4 is 5.73 Å². The summed E-state index contributed by atoms with van der Waals surface area (Å²) in [4.78, 5) is 2.50. The van der Waals surface area contributed by atoms with Gasteiger partial charge in [-0.1, -0.05) is 12.8 Å². The van der Waals surface area contributed by atoms with E-state index in [1.807, 2.05) is 0 Å². The number of ether oxygens (including phenoxy) is 1. The molecular weight excluding hydrogens is 200 g/mol. The molecule has 1 saturated carbocycles. The first-order valence-corrected chi connectivity index (χ1v) is 6.63. The number of nitrogens with zero attached hydrogens (tertiary/aromatic N) is 1. The van der Waals surface area contributed by atoms with Crippen LogP contribution in [0.15, 0.2) is 0 Å². The first-order chi connectivity index (χ1) is 7.65. The molecule has 0 radical (unpaired) electrons. The average Bonchev–Trinajstić information content (AvgIpc) is 2.26. The van der Waals surface area contributed by atoms with Crippen molar-refractivity contribution in [1.29, 1.82) is 0 Å². The molecule has 2 N–H and O–H groups in total. The summed E-state index contributed by atoms with van der Waals surface area (Å²) in [6, 6.07) is 1.00. The minimum absolute atomic E-state index is 0.414. The van der Waals surface area contributed by atoms with Crippen molar-refractivity contribution >= 4 is 0 Å². The molecule has 96 valence electrons. The molecule has 0 heterocycles. The third-order valence-corrected chi connectivity index (χ3v) is 3.75. The second-order valence-electron chi connectivity index (χ2n) is 5.29. The first kappa shape index (κ1) is 13.9. The van der Waals surface area contributed by atoms with Gasteiger partial charge in [0, 0.05) is 32.3 Å². The third kappa shape index (κ3) is 4.40. The minimum Gasteiger partial charge on any atom is -0.383 e. The van der Waals surface area contributed by atoms with Gasteiger partial charge in [-0.15, -0.1) is 0 Å². The summed E-state index contributed by atoms with van der Waals surface area (Å²) < 4.78 is 5.17. The van der Waals surface area contributed by atoms with Gasteiger partial charge < -0.3 is 10.5 Å². The molecule has 0 aromatic carbocycles. The van der Waals surface area contributed by atoms with E-state index in [2.05, 4.69) is 18.7 Å². The molecule has 0 aromatic rings. The highest BCUT2D eigenvalue weighted by Crippen LogP contribution is 2.24. The van der Waals surface area contributed by atoms with Gasteiger partial charge in [0.1, 0.15) is 0 Å². The predicted molar refractivity (Wildman–Crippen MR) is 68.5 cm³/mol. The number of methoxy groups -OCH3 is 1. The lowest BCUT2D eigenvalue weighted by Crippen LogP contribution is -2.44. The Morgan fingerprint density at radius 1 is 1.31 bits per heavy atom. The Balaban J connectivity index is 2.39. The van der Waals surface area contributed by atoms with Crippen molar-refractivity contribution in [3.8, 4) is 0 Å². The summed E-state index contributed by atoms with van der Waals surface area (Å²) in [6.45, 7) is 7.49. The zero-order chi connectivity index (χ0) is 12.0. The smallest absolute Gasteiger partial charge is 0.0589 e. The van der Waals surface area contributed by atoms with E-state index in [0.717, 1.165) is 19.7 Å². The quantitative estimate of drug-likeness (QED) is 0.754. The van der Waals surface area contributed by atoms with Crippen molar-refractivity contribution in [3.63, 3.8) is 0 Å². The van der Waals surface area contributed by atoms with E-state index in [9.17, 15) is 0 Å². The van der Waals surface area contributed by atoms with E-state index >= 15 is 0 Å². The van der Waals surface area contributed by atoms with Crippen molar-refractivity contribution in [2.45, 2.75) is 51.6 Å². The molecule has 0 aliphatic heterocycles.